The van der Waals surface area contributed by atoms with E-state index in [1.165, 1.54) is 11.3 Å². The van der Waals surface area contributed by atoms with E-state index in [2.05, 4.69) is 10.3 Å². The van der Waals surface area contributed by atoms with Crippen LogP contribution in [0.4, 0.5) is 0 Å². The van der Waals surface area contributed by atoms with Crippen molar-refractivity contribution in [3.63, 3.8) is 0 Å². The Hall–Kier alpha value is -1.96. The van der Waals surface area contributed by atoms with Crippen molar-refractivity contribution in [3.8, 4) is 16.3 Å². The van der Waals surface area contributed by atoms with Gasteiger partial charge in [-0.25, -0.2) is 4.98 Å². The molecule has 1 saturated heterocycles. The molecule has 0 aliphatic carbocycles. The number of benzene rings is 1. The van der Waals surface area contributed by atoms with Crippen LogP contribution in [0.2, 0.25) is 0 Å². The Morgan fingerprint density at radius 1 is 1.46 bits per heavy atom. The number of hydrogen-bond acceptors (Lipinski definition) is 6. The smallest absolute Gasteiger partial charge is 0.265 e. The molecule has 1 aromatic carbocycles. The fourth-order valence-corrected chi connectivity index (χ4v) is 3.64. The molecule has 1 aliphatic heterocycles. The van der Waals surface area contributed by atoms with Crippen molar-refractivity contribution < 1.29 is 14.6 Å². The molecule has 0 saturated carbocycles. The normalized spacial score (nSPS) is 17.8. The third kappa shape index (κ3) is 3.75. The number of thiazole rings is 1. The highest BCUT2D eigenvalue weighted by Gasteiger charge is 2.25. The van der Waals surface area contributed by atoms with E-state index in [9.17, 15) is 4.79 Å². The zero-order valence-electron chi connectivity index (χ0n) is 13.6. The Morgan fingerprint density at radius 3 is 2.96 bits per heavy atom. The van der Waals surface area contributed by atoms with Gasteiger partial charge in [0.25, 0.3) is 5.91 Å². The van der Waals surface area contributed by atoms with Crippen LogP contribution in [0.15, 0.2) is 30.5 Å². The Kier molecular flexibility index (Phi) is 5.44. The van der Waals surface area contributed by atoms with Crippen LogP contribution in [0, 0.1) is 0 Å². The summed E-state index contributed by atoms with van der Waals surface area (Å²) in [6.07, 6.45) is 2.30. The predicted octanol–water partition coefficient (Wildman–Crippen LogP) is 1.62. The quantitative estimate of drug-likeness (QED) is 0.860. The van der Waals surface area contributed by atoms with E-state index < -0.39 is 0 Å². The van der Waals surface area contributed by atoms with Gasteiger partial charge in [-0.2, -0.15) is 0 Å². The highest BCUT2D eigenvalue weighted by atomic mass is 32.1. The van der Waals surface area contributed by atoms with Crippen molar-refractivity contribution in [2.45, 2.75) is 12.5 Å². The number of carbonyl (C=O) groups excluding carboxylic acids is 1. The van der Waals surface area contributed by atoms with Gasteiger partial charge in [0.15, 0.2) is 0 Å². The van der Waals surface area contributed by atoms with Gasteiger partial charge >= 0.3 is 0 Å². The molecule has 0 bridgehead atoms. The molecule has 2 aromatic rings. The first-order valence-corrected chi connectivity index (χ1v) is 8.76. The number of aromatic nitrogens is 1. The molecule has 3 rings (SSSR count). The number of rotatable bonds is 5. The summed E-state index contributed by atoms with van der Waals surface area (Å²) in [5.74, 6) is 0.805. The molecule has 1 aliphatic rings. The van der Waals surface area contributed by atoms with E-state index >= 15 is 0 Å². The number of nitrogens with one attached hydrogen (secondary N) is 1. The van der Waals surface area contributed by atoms with Gasteiger partial charge in [0.05, 0.1) is 13.3 Å². The molecule has 2 N–H and O–H groups in total. The first-order chi connectivity index (χ1) is 11.7. The molecule has 1 unspecified atom stereocenters. The van der Waals surface area contributed by atoms with Crippen LogP contribution >= 0.6 is 11.3 Å². The number of aliphatic hydroxyl groups is 1. The minimum atomic E-state index is 0.0108. The van der Waals surface area contributed by atoms with Crippen LogP contribution < -0.4 is 10.1 Å². The van der Waals surface area contributed by atoms with E-state index in [4.69, 9.17) is 9.84 Å². The SMILES string of the molecule is COc1ccc(-c2ncc(C(=O)N3CCNC(CCO)C3)s2)cc1. The third-order valence-corrected chi connectivity index (χ3v) is 5.11. The molecule has 7 heteroatoms. The Labute approximate surface area is 145 Å². The first kappa shape index (κ1) is 16.9. The molecule has 1 fully saturated rings. The summed E-state index contributed by atoms with van der Waals surface area (Å²) in [7, 11) is 1.63. The standard InChI is InChI=1S/C17H21N3O3S/c1-23-14-4-2-12(3-5-14)16-19-10-15(24-16)17(22)20-8-7-18-13(11-20)6-9-21/h2-5,10,13,18,21H,6-9,11H2,1H3. The number of carbonyl (C=O) groups is 1. The lowest BCUT2D eigenvalue weighted by Crippen LogP contribution is -2.52. The molecule has 0 radical (unpaired) electrons. The predicted molar refractivity (Wildman–Crippen MR) is 93.5 cm³/mol. The first-order valence-electron chi connectivity index (χ1n) is 7.95. The number of piperazine rings is 1. The van der Waals surface area contributed by atoms with Gasteiger partial charge < -0.3 is 20.1 Å². The number of methoxy groups -OCH3 is 1. The highest BCUT2D eigenvalue weighted by Crippen LogP contribution is 2.27. The fraction of sp³-hybridized carbons (Fsp3) is 0.412. The average Bonchev–Trinajstić information content (AvgIpc) is 3.12. The van der Waals surface area contributed by atoms with Crippen LogP contribution in [0.25, 0.3) is 10.6 Å². The second-order valence-electron chi connectivity index (χ2n) is 5.67. The van der Waals surface area contributed by atoms with Crippen molar-refractivity contribution >= 4 is 17.2 Å². The summed E-state index contributed by atoms with van der Waals surface area (Å²) in [5.41, 5.74) is 0.971. The van der Waals surface area contributed by atoms with E-state index in [0.29, 0.717) is 24.4 Å². The number of hydrogen-bond donors (Lipinski definition) is 2. The molecule has 1 atom stereocenters. The maximum Gasteiger partial charge on any atom is 0.265 e. The fourth-order valence-electron chi connectivity index (χ4n) is 2.76. The average molecular weight is 347 g/mol. The van der Waals surface area contributed by atoms with E-state index in [-0.39, 0.29) is 18.6 Å². The number of ether oxygens (including phenoxy) is 1. The lowest BCUT2D eigenvalue weighted by atomic mass is 10.1. The van der Waals surface area contributed by atoms with Crippen LogP contribution in [0.3, 0.4) is 0 Å². The lowest BCUT2D eigenvalue weighted by Gasteiger charge is -2.33. The molecular weight excluding hydrogens is 326 g/mol. The Morgan fingerprint density at radius 2 is 2.25 bits per heavy atom. The minimum Gasteiger partial charge on any atom is -0.497 e. The zero-order chi connectivity index (χ0) is 16.9. The molecule has 1 aromatic heterocycles. The van der Waals surface area contributed by atoms with Crippen molar-refractivity contribution in [3.05, 3.63) is 35.3 Å². The van der Waals surface area contributed by atoms with Crippen LogP contribution in [0.5, 0.6) is 5.75 Å². The van der Waals surface area contributed by atoms with Crippen molar-refractivity contribution in [2.24, 2.45) is 0 Å². The van der Waals surface area contributed by atoms with Gasteiger partial charge in [0.2, 0.25) is 0 Å². The van der Waals surface area contributed by atoms with Gasteiger partial charge in [-0.3, -0.25) is 4.79 Å². The van der Waals surface area contributed by atoms with Gasteiger partial charge in [-0.1, -0.05) is 0 Å². The third-order valence-electron chi connectivity index (χ3n) is 4.07. The Balaban J connectivity index is 1.71. The number of aliphatic hydroxyl groups excluding tert-OH is 1. The second kappa shape index (κ2) is 7.74. The maximum atomic E-state index is 12.7. The van der Waals surface area contributed by atoms with Crippen LogP contribution in [0.1, 0.15) is 16.1 Å². The van der Waals surface area contributed by atoms with E-state index in [0.717, 1.165) is 22.9 Å². The van der Waals surface area contributed by atoms with Crippen LogP contribution in [-0.4, -0.2) is 60.3 Å². The van der Waals surface area contributed by atoms with Gasteiger partial charge in [-0.05, 0) is 30.7 Å². The van der Waals surface area contributed by atoms with Gasteiger partial charge in [0.1, 0.15) is 15.6 Å². The van der Waals surface area contributed by atoms with E-state index in [1.807, 2.05) is 29.2 Å². The Bertz CT molecular complexity index is 685. The monoisotopic (exact) mass is 347 g/mol. The molecule has 24 heavy (non-hydrogen) atoms. The number of nitrogens with zero attached hydrogens (tertiary/aromatic N) is 2. The van der Waals surface area contributed by atoms with Crippen molar-refractivity contribution in [1.29, 1.82) is 0 Å². The molecule has 128 valence electrons. The van der Waals surface area contributed by atoms with E-state index in [1.54, 1.807) is 13.3 Å². The second-order valence-corrected chi connectivity index (χ2v) is 6.70. The summed E-state index contributed by atoms with van der Waals surface area (Å²) in [4.78, 5) is 19.5. The summed E-state index contributed by atoms with van der Waals surface area (Å²) in [6, 6.07) is 7.80. The highest BCUT2D eigenvalue weighted by molar-refractivity contribution is 7.16. The topological polar surface area (TPSA) is 74.7 Å². The molecule has 0 spiro atoms. The maximum absolute atomic E-state index is 12.7. The summed E-state index contributed by atoms with van der Waals surface area (Å²) in [5, 5.41) is 13.2. The van der Waals surface area contributed by atoms with Crippen LogP contribution in [-0.2, 0) is 0 Å². The molecule has 2 heterocycles. The minimum absolute atomic E-state index is 0.0108. The summed E-state index contributed by atoms with van der Waals surface area (Å²) < 4.78 is 5.16. The lowest BCUT2D eigenvalue weighted by molar-refractivity contribution is 0.0695. The molecule has 6 nitrogen and oxygen atoms in total. The summed E-state index contributed by atoms with van der Waals surface area (Å²) >= 11 is 1.40. The number of amides is 1. The van der Waals surface area contributed by atoms with Gasteiger partial charge in [0, 0.05) is 37.8 Å². The van der Waals surface area contributed by atoms with Gasteiger partial charge in [-0.15, -0.1) is 11.3 Å². The summed E-state index contributed by atoms with van der Waals surface area (Å²) in [6.45, 7) is 2.17. The largest absolute Gasteiger partial charge is 0.497 e. The zero-order valence-corrected chi connectivity index (χ0v) is 14.4. The van der Waals surface area contributed by atoms with Crippen molar-refractivity contribution in [2.75, 3.05) is 33.4 Å². The molecule has 1 amide bonds. The van der Waals surface area contributed by atoms with Crippen molar-refractivity contribution in [1.82, 2.24) is 15.2 Å². The molecular formula is C17H21N3O3S.